The molecule has 3 rings (SSSR count). The fourth-order valence-corrected chi connectivity index (χ4v) is 4.22. The highest BCUT2D eigenvalue weighted by molar-refractivity contribution is 7.89. The van der Waals surface area contributed by atoms with Gasteiger partial charge in [0.15, 0.2) is 0 Å². The van der Waals surface area contributed by atoms with Crippen LogP contribution in [0.25, 0.3) is 11.3 Å². The number of hydrogen-bond acceptors (Lipinski definition) is 5. The van der Waals surface area contributed by atoms with Crippen molar-refractivity contribution in [1.82, 2.24) is 20.3 Å². The van der Waals surface area contributed by atoms with Crippen molar-refractivity contribution < 1.29 is 13.2 Å². The predicted molar refractivity (Wildman–Crippen MR) is 106 cm³/mol. The Morgan fingerprint density at radius 3 is 2.39 bits per heavy atom. The molecule has 1 fully saturated rings. The summed E-state index contributed by atoms with van der Waals surface area (Å²) in [6, 6.07) is 5.88. The summed E-state index contributed by atoms with van der Waals surface area (Å²) in [6.07, 6.45) is 7.10. The Balaban J connectivity index is 1.87. The van der Waals surface area contributed by atoms with Gasteiger partial charge in [0.2, 0.25) is 15.9 Å². The third-order valence-electron chi connectivity index (χ3n) is 5.17. The van der Waals surface area contributed by atoms with E-state index in [2.05, 4.69) is 15.6 Å². The van der Waals surface area contributed by atoms with Crippen molar-refractivity contribution in [3.8, 4) is 11.3 Å². The summed E-state index contributed by atoms with van der Waals surface area (Å²) >= 11 is 0. The van der Waals surface area contributed by atoms with E-state index in [1.165, 1.54) is 18.6 Å². The van der Waals surface area contributed by atoms with E-state index in [9.17, 15) is 13.2 Å². The highest BCUT2D eigenvalue weighted by atomic mass is 32.2. The lowest BCUT2D eigenvalue weighted by atomic mass is 9.94. The highest BCUT2D eigenvalue weighted by Crippen LogP contribution is 2.27. The summed E-state index contributed by atoms with van der Waals surface area (Å²) in [5.74, 6) is -0.0532. The number of hydrogen-bond donors (Lipinski definition) is 2. The minimum atomic E-state index is -3.76. The second-order valence-electron chi connectivity index (χ2n) is 7.67. The zero-order valence-electron chi connectivity index (χ0n) is 16.2. The lowest BCUT2D eigenvalue weighted by Crippen LogP contribution is -2.42. The molecule has 1 aliphatic rings. The molecule has 8 nitrogen and oxygen atoms in total. The number of nitrogens with two attached hydrogens (primary N) is 1. The van der Waals surface area contributed by atoms with Gasteiger partial charge in [-0.05, 0) is 30.9 Å². The molecule has 28 heavy (non-hydrogen) atoms. The molecule has 1 amide bonds. The number of nitrogens with one attached hydrogen (secondary N) is 1. The molecule has 2 aromatic rings. The van der Waals surface area contributed by atoms with Gasteiger partial charge in [-0.1, -0.05) is 50.5 Å². The topological polar surface area (TPSA) is 120 Å². The number of carbonyl (C=O) groups is 1. The predicted octanol–water partition coefficient (Wildman–Crippen LogP) is 2.24. The number of nitrogens with zero attached hydrogens (tertiary/aromatic N) is 3. The fraction of sp³-hybridized carbons (Fsp3) is 0.526. The van der Waals surface area contributed by atoms with Gasteiger partial charge < -0.3 is 5.32 Å². The molecule has 3 N–H and O–H groups in total. The van der Waals surface area contributed by atoms with Crippen molar-refractivity contribution in [2.45, 2.75) is 62.9 Å². The number of aromatic nitrogens is 3. The minimum absolute atomic E-state index is 0.00716. The van der Waals surface area contributed by atoms with Crippen molar-refractivity contribution in [3.05, 3.63) is 30.5 Å². The number of primary sulfonamides is 1. The zero-order chi connectivity index (χ0) is 20.3. The largest absolute Gasteiger partial charge is 0.352 e. The van der Waals surface area contributed by atoms with Crippen LogP contribution >= 0.6 is 0 Å². The van der Waals surface area contributed by atoms with E-state index in [1.54, 1.807) is 23.0 Å². The number of carbonyl (C=O) groups excluding carboxylic acids is 1. The van der Waals surface area contributed by atoms with Crippen LogP contribution in [0, 0.1) is 5.92 Å². The zero-order valence-corrected chi connectivity index (χ0v) is 17.0. The van der Waals surface area contributed by atoms with E-state index < -0.39 is 16.1 Å². The van der Waals surface area contributed by atoms with Crippen LogP contribution < -0.4 is 10.5 Å². The second kappa shape index (κ2) is 8.40. The molecular weight excluding hydrogens is 378 g/mol. The molecular formula is C19H27N5O3S. The quantitative estimate of drug-likeness (QED) is 0.764. The Labute approximate surface area is 165 Å². The van der Waals surface area contributed by atoms with Crippen molar-refractivity contribution >= 4 is 15.9 Å². The summed E-state index contributed by atoms with van der Waals surface area (Å²) < 4.78 is 24.6. The maximum atomic E-state index is 13.0. The van der Waals surface area contributed by atoms with Gasteiger partial charge in [-0.3, -0.25) is 4.79 Å². The second-order valence-corrected chi connectivity index (χ2v) is 9.23. The third-order valence-corrected chi connectivity index (χ3v) is 6.10. The number of amides is 1. The first-order valence-electron chi connectivity index (χ1n) is 9.61. The lowest BCUT2D eigenvalue weighted by Gasteiger charge is -2.27. The molecule has 1 heterocycles. The summed E-state index contributed by atoms with van der Waals surface area (Å²) in [4.78, 5) is 13.1. The Morgan fingerprint density at radius 1 is 1.18 bits per heavy atom. The standard InChI is InChI=1S/C19H27N5O3S/c1-13(2)18(19(25)22-15-6-4-3-5-7-15)24-17(12-21-23-24)14-8-10-16(11-9-14)28(20,26)27/h8-13,15,18H,3-7H2,1-2H3,(H,22,25)(H2,20,26,27)/t18-/m0/s1. The first-order chi connectivity index (χ1) is 13.3. The number of sulfonamides is 1. The van der Waals surface area contributed by atoms with Gasteiger partial charge in [-0.15, -0.1) is 5.10 Å². The van der Waals surface area contributed by atoms with Crippen molar-refractivity contribution in [2.24, 2.45) is 11.1 Å². The van der Waals surface area contributed by atoms with E-state index in [1.807, 2.05) is 13.8 Å². The smallest absolute Gasteiger partial charge is 0.245 e. The van der Waals surface area contributed by atoms with Crippen LogP contribution in [-0.4, -0.2) is 35.4 Å². The normalized spacial score (nSPS) is 16.9. The summed E-state index contributed by atoms with van der Waals surface area (Å²) in [5, 5.41) is 16.5. The molecule has 1 atom stereocenters. The molecule has 1 aliphatic carbocycles. The van der Waals surface area contributed by atoms with E-state index >= 15 is 0 Å². The van der Waals surface area contributed by atoms with Crippen LogP contribution in [-0.2, 0) is 14.8 Å². The van der Waals surface area contributed by atoms with Crippen molar-refractivity contribution in [2.75, 3.05) is 0 Å². The Morgan fingerprint density at radius 2 is 1.82 bits per heavy atom. The van der Waals surface area contributed by atoms with Gasteiger partial charge >= 0.3 is 0 Å². The summed E-state index contributed by atoms with van der Waals surface area (Å²) in [7, 11) is -3.76. The Bertz CT molecular complexity index is 915. The van der Waals surface area contributed by atoms with Crippen molar-refractivity contribution in [3.63, 3.8) is 0 Å². The first kappa shape index (κ1) is 20.5. The third kappa shape index (κ3) is 4.59. The van der Waals surface area contributed by atoms with E-state index in [-0.39, 0.29) is 22.8 Å². The molecule has 0 unspecified atom stereocenters. The van der Waals surface area contributed by atoms with Gasteiger partial charge in [-0.2, -0.15) is 0 Å². The number of benzene rings is 1. The molecule has 0 radical (unpaired) electrons. The molecule has 0 bridgehead atoms. The average molecular weight is 406 g/mol. The van der Waals surface area contributed by atoms with Gasteiger partial charge in [0.1, 0.15) is 6.04 Å². The van der Waals surface area contributed by atoms with Crippen molar-refractivity contribution in [1.29, 1.82) is 0 Å². The molecule has 0 aliphatic heterocycles. The van der Waals surface area contributed by atoms with E-state index in [4.69, 9.17) is 5.14 Å². The van der Waals surface area contributed by atoms with Gasteiger partial charge in [-0.25, -0.2) is 18.2 Å². The highest BCUT2D eigenvalue weighted by Gasteiger charge is 2.29. The molecule has 0 spiro atoms. The van der Waals surface area contributed by atoms with Crippen LogP contribution in [0.5, 0.6) is 0 Å². The van der Waals surface area contributed by atoms with Crippen LogP contribution in [0.2, 0.25) is 0 Å². The molecule has 1 saturated carbocycles. The van der Waals surface area contributed by atoms with Crippen LogP contribution in [0.15, 0.2) is 35.4 Å². The van der Waals surface area contributed by atoms with Gasteiger partial charge in [0.25, 0.3) is 0 Å². The lowest BCUT2D eigenvalue weighted by molar-refractivity contribution is -0.126. The van der Waals surface area contributed by atoms with E-state index in [0.29, 0.717) is 11.3 Å². The van der Waals surface area contributed by atoms with E-state index in [0.717, 1.165) is 25.7 Å². The SMILES string of the molecule is CC(C)[C@@H](C(=O)NC1CCCCC1)n1nncc1-c1ccc(S(N)(=O)=O)cc1. The van der Waals surface area contributed by atoms with Gasteiger partial charge in [0, 0.05) is 11.6 Å². The number of rotatable bonds is 6. The van der Waals surface area contributed by atoms with Crippen LogP contribution in [0.3, 0.4) is 0 Å². The van der Waals surface area contributed by atoms with Crippen LogP contribution in [0.1, 0.15) is 52.0 Å². The maximum Gasteiger partial charge on any atom is 0.245 e. The fourth-order valence-electron chi connectivity index (χ4n) is 3.70. The van der Waals surface area contributed by atoms with Crippen LogP contribution in [0.4, 0.5) is 0 Å². The Hall–Kier alpha value is -2.26. The minimum Gasteiger partial charge on any atom is -0.352 e. The molecule has 1 aromatic carbocycles. The summed E-state index contributed by atoms with van der Waals surface area (Å²) in [6.45, 7) is 3.95. The molecule has 1 aromatic heterocycles. The first-order valence-corrected chi connectivity index (χ1v) is 11.2. The summed E-state index contributed by atoms with van der Waals surface area (Å²) in [5.41, 5.74) is 1.37. The molecule has 152 valence electrons. The Kier molecular flexibility index (Phi) is 6.14. The molecule has 0 saturated heterocycles. The maximum absolute atomic E-state index is 13.0. The monoisotopic (exact) mass is 405 g/mol. The van der Waals surface area contributed by atoms with Gasteiger partial charge in [0.05, 0.1) is 16.8 Å². The average Bonchev–Trinajstić information content (AvgIpc) is 3.11. The molecule has 9 heteroatoms.